The largest absolute Gasteiger partial charge is 0.324 e. The summed E-state index contributed by atoms with van der Waals surface area (Å²) >= 11 is 12.0. The van der Waals surface area contributed by atoms with Crippen LogP contribution in [0, 0.1) is 0 Å². The molecule has 0 fully saturated rings. The lowest BCUT2D eigenvalue weighted by atomic mass is 9.90. The molecule has 0 saturated heterocycles. The summed E-state index contributed by atoms with van der Waals surface area (Å²) in [7, 11) is 0. The maximum absolute atomic E-state index is 6.18. The molecule has 1 heterocycles. The first-order valence-corrected chi connectivity index (χ1v) is 6.70. The fourth-order valence-corrected chi connectivity index (χ4v) is 2.78. The molecule has 3 rings (SSSR count). The zero-order valence-electron chi connectivity index (χ0n) is 9.71. The van der Waals surface area contributed by atoms with Crippen molar-refractivity contribution in [3.8, 4) is 11.3 Å². The molecule has 1 atom stereocenters. The molecule has 3 nitrogen and oxygen atoms in total. The average molecular weight is 282 g/mol. The Balaban J connectivity index is 2.12. The molecule has 18 heavy (non-hydrogen) atoms. The molecular weight excluding hydrogens is 269 g/mol. The van der Waals surface area contributed by atoms with E-state index in [9.17, 15) is 0 Å². The van der Waals surface area contributed by atoms with Gasteiger partial charge in [-0.1, -0.05) is 29.3 Å². The molecule has 1 aromatic heterocycles. The van der Waals surface area contributed by atoms with Crippen LogP contribution < -0.4 is 5.73 Å². The first kappa shape index (κ1) is 12.0. The number of benzene rings is 1. The Morgan fingerprint density at radius 3 is 2.89 bits per heavy atom. The third kappa shape index (κ3) is 1.92. The van der Waals surface area contributed by atoms with Crippen LogP contribution in [0.1, 0.15) is 30.1 Å². The molecule has 0 saturated carbocycles. The van der Waals surface area contributed by atoms with E-state index in [1.807, 2.05) is 12.1 Å². The predicted octanol–water partition coefficient (Wildman–Crippen LogP) is 3.72. The van der Waals surface area contributed by atoms with Crippen molar-refractivity contribution in [2.75, 3.05) is 0 Å². The fourth-order valence-electron chi connectivity index (χ4n) is 2.48. The summed E-state index contributed by atoms with van der Waals surface area (Å²) in [5, 5.41) is 8.55. The number of halogens is 2. The Kier molecular flexibility index (Phi) is 3.06. The zero-order valence-corrected chi connectivity index (χ0v) is 11.2. The lowest BCUT2D eigenvalue weighted by molar-refractivity contribution is 0.567. The Labute approximate surface area is 115 Å². The van der Waals surface area contributed by atoms with Gasteiger partial charge in [-0.3, -0.25) is 5.10 Å². The van der Waals surface area contributed by atoms with Crippen molar-refractivity contribution in [1.29, 1.82) is 0 Å². The van der Waals surface area contributed by atoms with Gasteiger partial charge in [0.25, 0.3) is 0 Å². The number of H-pyrrole nitrogens is 1. The van der Waals surface area contributed by atoms with E-state index in [0.29, 0.717) is 10.0 Å². The molecule has 0 radical (unpaired) electrons. The molecule has 0 bridgehead atoms. The van der Waals surface area contributed by atoms with Gasteiger partial charge in [-0.15, -0.1) is 0 Å². The van der Waals surface area contributed by atoms with Crippen LogP contribution in [0.2, 0.25) is 10.0 Å². The van der Waals surface area contributed by atoms with Gasteiger partial charge in [-0.25, -0.2) is 0 Å². The van der Waals surface area contributed by atoms with Crippen molar-refractivity contribution in [2.24, 2.45) is 5.73 Å². The quantitative estimate of drug-likeness (QED) is 0.837. The summed E-state index contributed by atoms with van der Waals surface area (Å²) in [6.45, 7) is 0. The Morgan fingerprint density at radius 1 is 1.28 bits per heavy atom. The van der Waals surface area contributed by atoms with Crippen LogP contribution >= 0.6 is 23.2 Å². The van der Waals surface area contributed by atoms with Gasteiger partial charge in [-0.05, 0) is 31.4 Å². The highest BCUT2D eigenvalue weighted by Gasteiger charge is 2.24. The molecule has 0 spiro atoms. The number of aryl methyl sites for hydroxylation is 1. The molecule has 0 aliphatic heterocycles. The summed E-state index contributed by atoms with van der Waals surface area (Å²) in [5.41, 5.74) is 10.3. The first-order valence-electron chi connectivity index (χ1n) is 5.95. The van der Waals surface area contributed by atoms with Crippen molar-refractivity contribution >= 4 is 23.2 Å². The maximum Gasteiger partial charge on any atom is 0.0971 e. The van der Waals surface area contributed by atoms with Crippen LogP contribution in [0.5, 0.6) is 0 Å². The van der Waals surface area contributed by atoms with Gasteiger partial charge in [0.2, 0.25) is 0 Å². The second kappa shape index (κ2) is 4.57. The van der Waals surface area contributed by atoms with Crippen molar-refractivity contribution in [3.05, 3.63) is 39.5 Å². The molecule has 0 amide bonds. The molecule has 1 aliphatic rings. The van der Waals surface area contributed by atoms with Crippen LogP contribution in [-0.4, -0.2) is 10.2 Å². The Morgan fingerprint density at radius 2 is 2.11 bits per heavy atom. The standard InChI is InChI=1S/C13H13Cl2N3/c14-8-5-4-7(6-9(8)15)13-12-10(16)2-1-3-11(12)17-18-13/h4-6,10H,1-3,16H2,(H,17,18)/t10-/m0/s1. The van der Waals surface area contributed by atoms with E-state index in [-0.39, 0.29) is 6.04 Å². The average Bonchev–Trinajstić information content (AvgIpc) is 2.78. The number of hydrogen-bond donors (Lipinski definition) is 2. The highest BCUT2D eigenvalue weighted by molar-refractivity contribution is 6.42. The molecule has 94 valence electrons. The smallest absolute Gasteiger partial charge is 0.0971 e. The topological polar surface area (TPSA) is 54.7 Å². The van der Waals surface area contributed by atoms with Crippen LogP contribution in [0.15, 0.2) is 18.2 Å². The van der Waals surface area contributed by atoms with E-state index in [2.05, 4.69) is 10.2 Å². The van der Waals surface area contributed by atoms with Gasteiger partial charge >= 0.3 is 0 Å². The number of rotatable bonds is 1. The van der Waals surface area contributed by atoms with Crippen LogP contribution in [-0.2, 0) is 6.42 Å². The molecule has 2 aromatic rings. The lowest BCUT2D eigenvalue weighted by Gasteiger charge is -2.19. The van der Waals surface area contributed by atoms with Gasteiger partial charge < -0.3 is 5.73 Å². The third-order valence-electron chi connectivity index (χ3n) is 3.39. The van der Waals surface area contributed by atoms with Gasteiger partial charge in [0.15, 0.2) is 0 Å². The number of nitrogens with zero attached hydrogens (tertiary/aromatic N) is 1. The zero-order chi connectivity index (χ0) is 12.7. The van der Waals surface area contributed by atoms with E-state index in [0.717, 1.165) is 41.8 Å². The SMILES string of the molecule is N[C@H]1CCCc2[nH]nc(-c3ccc(Cl)c(Cl)c3)c21. The summed E-state index contributed by atoms with van der Waals surface area (Å²) in [6.07, 6.45) is 3.12. The number of aromatic nitrogens is 2. The monoisotopic (exact) mass is 281 g/mol. The second-order valence-electron chi connectivity index (χ2n) is 4.59. The molecule has 3 N–H and O–H groups in total. The van der Waals surface area contributed by atoms with Crippen molar-refractivity contribution in [2.45, 2.75) is 25.3 Å². The molecule has 0 unspecified atom stereocenters. The molecular formula is C13H13Cl2N3. The Bertz CT molecular complexity index is 592. The van der Waals surface area contributed by atoms with Crippen molar-refractivity contribution in [3.63, 3.8) is 0 Å². The number of fused-ring (bicyclic) bond motifs is 1. The van der Waals surface area contributed by atoms with Crippen molar-refractivity contribution in [1.82, 2.24) is 10.2 Å². The van der Waals surface area contributed by atoms with E-state index in [1.165, 1.54) is 0 Å². The van der Waals surface area contributed by atoms with Crippen LogP contribution in [0.25, 0.3) is 11.3 Å². The van der Waals surface area contributed by atoms with Gasteiger partial charge in [-0.2, -0.15) is 5.10 Å². The van der Waals surface area contributed by atoms with E-state index in [4.69, 9.17) is 28.9 Å². The number of hydrogen-bond acceptors (Lipinski definition) is 2. The summed E-state index contributed by atoms with van der Waals surface area (Å²) < 4.78 is 0. The van der Waals surface area contributed by atoms with Gasteiger partial charge in [0.1, 0.15) is 0 Å². The van der Waals surface area contributed by atoms with Gasteiger partial charge in [0, 0.05) is 22.9 Å². The fraction of sp³-hybridized carbons (Fsp3) is 0.308. The molecule has 1 aromatic carbocycles. The summed E-state index contributed by atoms with van der Waals surface area (Å²) in [6, 6.07) is 5.60. The van der Waals surface area contributed by atoms with E-state index < -0.39 is 0 Å². The number of nitrogens with two attached hydrogens (primary N) is 1. The third-order valence-corrected chi connectivity index (χ3v) is 4.13. The number of aromatic amines is 1. The molecule has 5 heteroatoms. The van der Waals surface area contributed by atoms with E-state index in [1.54, 1.807) is 6.07 Å². The number of nitrogens with one attached hydrogen (secondary N) is 1. The molecule has 1 aliphatic carbocycles. The second-order valence-corrected chi connectivity index (χ2v) is 5.41. The Hall–Kier alpha value is -1.03. The maximum atomic E-state index is 6.18. The minimum Gasteiger partial charge on any atom is -0.324 e. The van der Waals surface area contributed by atoms with Gasteiger partial charge in [0.05, 0.1) is 15.7 Å². The minimum atomic E-state index is 0.0527. The lowest BCUT2D eigenvalue weighted by Crippen LogP contribution is -2.17. The normalized spacial score (nSPS) is 18.7. The van der Waals surface area contributed by atoms with Crippen LogP contribution in [0.3, 0.4) is 0 Å². The highest BCUT2D eigenvalue weighted by Crippen LogP contribution is 2.36. The summed E-state index contributed by atoms with van der Waals surface area (Å²) in [4.78, 5) is 0. The first-order chi connectivity index (χ1) is 8.66. The predicted molar refractivity (Wildman–Crippen MR) is 73.9 cm³/mol. The van der Waals surface area contributed by atoms with E-state index >= 15 is 0 Å². The van der Waals surface area contributed by atoms with Crippen molar-refractivity contribution < 1.29 is 0 Å². The highest BCUT2D eigenvalue weighted by atomic mass is 35.5. The summed E-state index contributed by atoms with van der Waals surface area (Å²) in [5.74, 6) is 0. The van der Waals surface area contributed by atoms with Crippen LogP contribution in [0.4, 0.5) is 0 Å². The minimum absolute atomic E-state index is 0.0527.